The fourth-order valence-electron chi connectivity index (χ4n) is 2.29. The quantitative estimate of drug-likeness (QED) is 0.827. The van der Waals surface area contributed by atoms with E-state index in [9.17, 15) is 4.79 Å². The third-order valence-corrected chi connectivity index (χ3v) is 3.62. The van der Waals surface area contributed by atoms with Gasteiger partial charge in [-0.1, -0.05) is 17.7 Å². The molecule has 0 heterocycles. The molecule has 0 aliphatic rings. The van der Waals surface area contributed by atoms with Gasteiger partial charge < -0.3 is 15.4 Å². The van der Waals surface area contributed by atoms with Gasteiger partial charge in [-0.15, -0.1) is 0 Å². The van der Waals surface area contributed by atoms with Gasteiger partial charge in [0.25, 0.3) is 5.91 Å². The van der Waals surface area contributed by atoms with Crippen LogP contribution in [0.2, 0.25) is 5.02 Å². The molecule has 0 saturated heterocycles. The van der Waals surface area contributed by atoms with E-state index in [1.807, 2.05) is 25.1 Å². The van der Waals surface area contributed by atoms with Crippen LogP contribution < -0.4 is 10.6 Å². The molecule has 2 aromatic rings. The van der Waals surface area contributed by atoms with Gasteiger partial charge in [0.1, 0.15) is 0 Å². The van der Waals surface area contributed by atoms with Crippen LogP contribution >= 0.6 is 11.6 Å². The number of carbonyl (C=O) groups excluding carboxylic acids is 1. The third-order valence-electron chi connectivity index (χ3n) is 3.39. The maximum absolute atomic E-state index is 12.2. The lowest BCUT2D eigenvalue weighted by Crippen LogP contribution is -2.21. The molecule has 122 valence electrons. The van der Waals surface area contributed by atoms with E-state index in [1.165, 1.54) is 0 Å². The van der Waals surface area contributed by atoms with Crippen molar-refractivity contribution < 1.29 is 9.53 Å². The number of rotatable bonds is 6. The number of aryl methyl sites for hydroxylation is 1. The second-order valence-corrected chi connectivity index (χ2v) is 5.93. The van der Waals surface area contributed by atoms with Crippen LogP contribution in [-0.4, -0.2) is 25.7 Å². The minimum Gasteiger partial charge on any atom is -0.383 e. The molecule has 23 heavy (non-hydrogen) atoms. The molecule has 1 amide bonds. The first-order valence-electron chi connectivity index (χ1n) is 7.42. The van der Waals surface area contributed by atoms with E-state index in [2.05, 4.69) is 17.6 Å². The number of methoxy groups -OCH3 is 1. The Kier molecular flexibility index (Phi) is 6.02. The zero-order chi connectivity index (χ0) is 16.8. The summed E-state index contributed by atoms with van der Waals surface area (Å²) >= 11 is 5.91. The summed E-state index contributed by atoms with van der Waals surface area (Å²) in [7, 11) is 1.68. The highest BCUT2D eigenvalue weighted by Crippen LogP contribution is 2.21. The second-order valence-electron chi connectivity index (χ2n) is 5.49. The molecule has 2 N–H and O–H groups in total. The molecule has 1 atom stereocenters. The van der Waals surface area contributed by atoms with Crippen LogP contribution in [0.1, 0.15) is 22.8 Å². The Morgan fingerprint density at radius 3 is 2.70 bits per heavy atom. The molecule has 1 unspecified atom stereocenters. The Morgan fingerprint density at radius 1 is 1.26 bits per heavy atom. The molecule has 0 bridgehead atoms. The van der Waals surface area contributed by atoms with Crippen LogP contribution in [0.5, 0.6) is 0 Å². The summed E-state index contributed by atoms with van der Waals surface area (Å²) in [6.45, 7) is 4.68. The summed E-state index contributed by atoms with van der Waals surface area (Å²) in [5.41, 5.74) is 3.36. The van der Waals surface area contributed by atoms with Gasteiger partial charge in [0.15, 0.2) is 0 Å². The van der Waals surface area contributed by atoms with E-state index in [0.717, 1.165) is 16.9 Å². The molecule has 0 saturated carbocycles. The average Bonchev–Trinajstić information content (AvgIpc) is 2.50. The molecule has 0 radical (unpaired) electrons. The van der Waals surface area contributed by atoms with E-state index >= 15 is 0 Å². The van der Waals surface area contributed by atoms with Crippen molar-refractivity contribution in [3.8, 4) is 0 Å². The van der Waals surface area contributed by atoms with E-state index in [4.69, 9.17) is 16.3 Å². The second kappa shape index (κ2) is 7.99. The molecule has 0 aliphatic carbocycles. The largest absolute Gasteiger partial charge is 0.383 e. The van der Waals surface area contributed by atoms with Crippen molar-refractivity contribution in [1.82, 2.24) is 0 Å². The molecule has 2 aromatic carbocycles. The van der Waals surface area contributed by atoms with Crippen molar-refractivity contribution in [2.45, 2.75) is 19.9 Å². The minimum absolute atomic E-state index is 0.180. The Balaban J connectivity index is 2.07. The first-order valence-corrected chi connectivity index (χ1v) is 7.80. The molecule has 0 aromatic heterocycles. The summed E-state index contributed by atoms with van der Waals surface area (Å²) in [6.07, 6.45) is 0. The molecule has 0 fully saturated rings. The monoisotopic (exact) mass is 332 g/mol. The molecular weight excluding hydrogens is 312 g/mol. The number of hydrogen-bond donors (Lipinski definition) is 2. The van der Waals surface area contributed by atoms with E-state index in [1.54, 1.807) is 31.4 Å². The van der Waals surface area contributed by atoms with Gasteiger partial charge in [0.05, 0.1) is 6.61 Å². The van der Waals surface area contributed by atoms with Crippen molar-refractivity contribution >= 4 is 28.9 Å². The van der Waals surface area contributed by atoms with Gasteiger partial charge in [0.2, 0.25) is 0 Å². The van der Waals surface area contributed by atoms with Crippen molar-refractivity contribution in [3.63, 3.8) is 0 Å². The lowest BCUT2D eigenvalue weighted by Gasteiger charge is -2.17. The number of anilines is 2. The summed E-state index contributed by atoms with van der Waals surface area (Å²) in [6, 6.07) is 12.8. The highest BCUT2D eigenvalue weighted by molar-refractivity contribution is 6.31. The van der Waals surface area contributed by atoms with Gasteiger partial charge in [-0.3, -0.25) is 4.79 Å². The Morgan fingerprint density at radius 2 is 2.04 bits per heavy atom. The zero-order valence-electron chi connectivity index (χ0n) is 13.5. The number of halogens is 1. The summed E-state index contributed by atoms with van der Waals surface area (Å²) in [5, 5.41) is 6.80. The minimum atomic E-state index is -0.180. The molecule has 0 aliphatic heterocycles. The molecule has 5 heteroatoms. The van der Waals surface area contributed by atoms with Crippen LogP contribution in [0.4, 0.5) is 11.4 Å². The number of carbonyl (C=O) groups is 1. The van der Waals surface area contributed by atoms with Crippen LogP contribution in [0.15, 0.2) is 42.5 Å². The SMILES string of the molecule is COCC(C)Nc1ccc(NC(=O)c2cccc(Cl)c2)cc1C. The number of ether oxygens (including phenoxy) is 1. The fraction of sp³-hybridized carbons (Fsp3) is 0.278. The van der Waals surface area contributed by atoms with Gasteiger partial charge in [0, 0.05) is 35.1 Å². The Hall–Kier alpha value is -2.04. The van der Waals surface area contributed by atoms with E-state index in [0.29, 0.717) is 17.2 Å². The van der Waals surface area contributed by atoms with E-state index < -0.39 is 0 Å². The maximum Gasteiger partial charge on any atom is 0.255 e. The molecule has 4 nitrogen and oxygen atoms in total. The van der Waals surface area contributed by atoms with Gasteiger partial charge in [-0.05, 0) is 55.8 Å². The number of hydrogen-bond acceptors (Lipinski definition) is 3. The first-order chi connectivity index (χ1) is 11.0. The summed E-state index contributed by atoms with van der Waals surface area (Å²) in [5.74, 6) is -0.180. The molecular formula is C18H21ClN2O2. The third kappa shape index (κ3) is 4.98. The lowest BCUT2D eigenvalue weighted by atomic mass is 10.1. The number of amides is 1. The highest BCUT2D eigenvalue weighted by atomic mass is 35.5. The van der Waals surface area contributed by atoms with Crippen LogP contribution in [0, 0.1) is 6.92 Å². The maximum atomic E-state index is 12.2. The number of benzene rings is 2. The van der Waals surface area contributed by atoms with Gasteiger partial charge in [-0.25, -0.2) is 0 Å². The van der Waals surface area contributed by atoms with E-state index in [-0.39, 0.29) is 11.9 Å². The average molecular weight is 333 g/mol. The van der Waals surface area contributed by atoms with Gasteiger partial charge >= 0.3 is 0 Å². The Labute approximate surface area is 141 Å². The topological polar surface area (TPSA) is 50.4 Å². The van der Waals surface area contributed by atoms with Crippen LogP contribution in [0.3, 0.4) is 0 Å². The normalized spacial score (nSPS) is 11.8. The smallest absolute Gasteiger partial charge is 0.255 e. The summed E-state index contributed by atoms with van der Waals surface area (Å²) < 4.78 is 5.12. The van der Waals surface area contributed by atoms with Crippen molar-refractivity contribution in [2.24, 2.45) is 0 Å². The fourth-order valence-corrected chi connectivity index (χ4v) is 2.48. The zero-order valence-corrected chi connectivity index (χ0v) is 14.3. The first kappa shape index (κ1) is 17.3. The predicted octanol–water partition coefficient (Wildman–Crippen LogP) is 4.35. The van der Waals surface area contributed by atoms with Crippen LogP contribution in [0.25, 0.3) is 0 Å². The molecule has 2 rings (SSSR count). The van der Waals surface area contributed by atoms with Crippen molar-refractivity contribution in [1.29, 1.82) is 0 Å². The van der Waals surface area contributed by atoms with Crippen molar-refractivity contribution in [3.05, 3.63) is 58.6 Å². The number of nitrogens with one attached hydrogen (secondary N) is 2. The van der Waals surface area contributed by atoms with Crippen LogP contribution in [-0.2, 0) is 4.74 Å². The molecule has 0 spiro atoms. The highest BCUT2D eigenvalue weighted by Gasteiger charge is 2.09. The van der Waals surface area contributed by atoms with Gasteiger partial charge in [-0.2, -0.15) is 0 Å². The lowest BCUT2D eigenvalue weighted by molar-refractivity contribution is 0.102. The predicted molar refractivity (Wildman–Crippen MR) is 95.5 cm³/mol. The standard InChI is InChI=1S/C18H21ClN2O2/c1-12-9-16(7-8-17(12)20-13(2)11-23-3)21-18(22)14-5-4-6-15(19)10-14/h4-10,13,20H,11H2,1-3H3,(H,21,22). The Bertz CT molecular complexity index is 688. The summed E-state index contributed by atoms with van der Waals surface area (Å²) in [4.78, 5) is 12.2. The van der Waals surface area contributed by atoms with Crippen molar-refractivity contribution in [2.75, 3.05) is 24.4 Å².